The van der Waals surface area contributed by atoms with Gasteiger partial charge in [-0.15, -0.1) is 0 Å². The molecular formula is C11H24N2O2. The topological polar surface area (TPSA) is 78.3 Å². The average Bonchev–Trinajstić information content (AvgIpc) is 2.17. The van der Waals surface area contributed by atoms with Gasteiger partial charge >= 0.3 is 5.97 Å². The fraction of sp³-hybridized carbons (Fsp3) is 0.909. The first-order valence-corrected chi connectivity index (χ1v) is 5.70. The van der Waals surface area contributed by atoms with E-state index in [-0.39, 0.29) is 5.97 Å². The van der Waals surface area contributed by atoms with E-state index in [1.54, 1.807) is 0 Å². The number of carbonyl (C=O) groups excluding carboxylic acids is 1. The van der Waals surface area contributed by atoms with Gasteiger partial charge in [0.15, 0.2) is 0 Å². The molecule has 0 saturated carbocycles. The summed E-state index contributed by atoms with van der Waals surface area (Å²) in [6.45, 7) is 5.31. The summed E-state index contributed by atoms with van der Waals surface area (Å²) in [5.41, 5.74) is 11.0. The number of hydrogen-bond acceptors (Lipinski definition) is 4. The predicted molar refractivity (Wildman–Crippen MR) is 61.3 cm³/mol. The van der Waals surface area contributed by atoms with Crippen molar-refractivity contribution in [3.63, 3.8) is 0 Å². The van der Waals surface area contributed by atoms with Crippen LogP contribution in [0.25, 0.3) is 0 Å². The normalized spacial score (nSPS) is 12.9. The number of ether oxygens (including phenoxy) is 1. The Morgan fingerprint density at radius 2 is 1.93 bits per heavy atom. The van der Waals surface area contributed by atoms with Gasteiger partial charge in [-0.3, -0.25) is 4.79 Å². The highest BCUT2D eigenvalue weighted by Gasteiger charge is 2.14. The molecule has 0 bridgehead atoms. The van der Waals surface area contributed by atoms with E-state index in [1.807, 2.05) is 0 Å². The second-order valence-electron chi connectivity index (χ2n) is 4.24. The molecule has 0 fully saturated rings. The van der Waals surface area contributed by atoms with E-state index in [4.69, 9.17) is 16.2 Å². The van der Waals surface area contributed by atoms with Crippen LogP contribution >= 0.6 is 0 Å². The van der Waals surface area contributed by atoms with Gasteiger partial charge in [0.25, 0.3) is 0 Å². The summed E-state index contributed by atoms with van der Waals surface area (Å²) < 4.78 is 5.05. The maximum Gasteiger partial charge on any atom is 0.322 e. The van der Waals surface area contributed by atoms with Gasteiger partial charge in [0.05, 0.1) is 6.61 Å². The molecule has 4 heteroatoms. The fourth-order valence-electron chi connectivity index (χ4n) is 1.13. The van der Waals surface area contributed by atoms with Gasteiger partial charge in [0.2, 0.25) is 0 Å². The third kappa shape index (κ3) is 8.39. The van der Waals surface area contributed by atoms with Gasteiger partial charge in [-0.05, 0) is 31.7 Å². The molecule has 0 aromatic heterocycles. The molecule has 0 aromatic carbocycles. The maximum absolute atomic E-state index is 11.3. The minimum atomic E-state index is -0.483. The van der Waals surface area contributed by atoms with Crippen LogP contribution in [0.1, 0.15) is 39.5 Å². The summed E-state index contributed by atoms with van der Waals surface area (Å²) in [6, 6.07) is -0.483. The highest BCUT2D eigenvalue weighted by Crippen LogP contribution is 2.03. The molecule has 0 radical (unpaired) electrons. The molecule has 1 atom stereocenters. The lowest BCUT2D eigenvalue weighted by Gasteiger charge is -2.11. The summed E-state index contributed by atoms with van der Waals surface area (Å²) in [5.74, 6) is 0.263. The lowest BCUT2D eigenvalue weighted by Crippen LogP contribution is -2.32. The first-order chi connectivity index (χ1) is 7.07. The molecule has 0 amide bonds. The molecule has 15 heavy (non-hydrogen) atoms. The minimum absolute atomic E-state index is 0.285. The van der Waals surface area contributed by atoms with Crippen molar-refractivity contribution in [1.82, 2.24) is 0 Å². The van der Waals surface area contributed by atoms with Crippen molar-refractivity contribution in [2.75, 3.05) is 13.2 Å². The Morgan fingerprint density at radius 1 is 1.27 bits per heavy atom. The summed E-state index contributed by atoms with van der Waals surface area (Å²) in [6.07, 6.45) is 3.35. The van der Waals surface area contributed by atoms with Crippen LogP contribution in [0.5, 0.6) is 0 Å². The average molecular weight is 216 g/mol. The van der Waals surface area contributed by atoms with Crippen LogP contribution in [0.2, 0.25) is 0 Å². The number of carbonyl (C=O) groups is 1. The maximum atomic E-state index is 11.3. The van der Waals surface area contributed by atoms with E-state index in [2.05, 4.69) is 13.8 Å². The Hall–Kier alpha value is -0.610. The Bertz CT molecular complexity index is 172. The predicted octanol–water partition coefficient (Wildman–Crippen LogP) is 1.03. The van der Waals surface area contributed by atoms with E-state index < -0.39 is 6.04 Å². The van der Waals surface area contributed by atoms with Gasteiger partial charge in [0.1, 0.15) is 6.04 Å². The van der Waals surface area contributed by atoms with Gasteiger partial charge < -0.3 is 16.2 Å². The van der Waals surface area contributed by atoms with Gasteiger partial charge in [0, 0.05) is 0 Å². The molecule has 0 heterocycles. The van der Waals surface area contributed by atoms with Gasteiger partial charge in [-0.1, -0.05) is 20.3 Å². The first-order valence-electron chi connectivity index (χ1n) is 5.70. The second-order valence-corrected chi connectivity index (χ2v) is 4.24. The van der Waals surface area contributed by atoms with Crippen LogP contribution < -0.4 is 11.5 Å². The van der Waals surface area contributed by atoms with Crippen molar-refractivity contribution < 1.29 is 9.53 Å². The second kappa shape index (κ2) is 8.68. The van der Waals surface area contributed by atoms with Crippen molar-refractivity contribution in [3.05, 3.63) is 0 Å². The molecule has 0 aliphatic carbocycles. The third-order valence-electron chi connectivity index (χ3n) is 2.21. The molecule has 4 nitrogen and oxygen atoms in total. The molecule has 0 saturated heterocycles. The first kappa shape index (κ1) is 14.4. The molecular weight excluding hydrogens is 192 g/mol. The number of esters is 1. The van der Waals surface area contributed by atoms with E-state index in [0.717, 1.165) is 19.3 Å². The van der Waals surface area contributed by atoms with Crippen LogP contribution in [-0.4, -0.2) is 25.2 Å². The lowest BCUT2D eigenvalue weighted by atomic mass is 10.1. The number of rotatable bonds is 8. The number of nitrogens with two attached hydrogens (primary N) is 2. The van der Waals surface area contributed by atoms with Crippen molar-refractivity contribution in [1.29, 1.82) is 0 Å². The van der Waals surface area contributed by atoms with E-state index >= 15 is 0 Å². The van der Waals surface area contributed by atoms with Crippen molar-refractivity contribution in [3.8, 4) is 0 Å². The zero-order valence-electron chi connectivity index (χ0n) is 9.87. The van der Waals surface area contributed by atoms with Crippen LogP contribution in [0, 0.1) is 5.92 Å². The highest BCUT2D eigenvalue weighted by molar-refractivity contribution is 5.75. The quantitative estimate of drug-likeness (QED) is 0.469. The van der Waals surface area contributed by atoms with Crippen molar-refractivity contribution in [2.45, 2.75) is 45.6 Å². The van der Waals surface area contributed by atoms with Gasteiger partial charge in [-0.25, -0.2) is 0 Å². The van der Waals surface area contributed by atoms with Crippen LogP contribution in [0.15, 0.2) is 0 Å². The number of hydrogen-bond donors (Lipinski definition) is 2. The summed E-state index contributed by atoms with van der Waals surface area (Å²) in [5, 5.41) is 0. The van der Waals surface area contributed by atoms with Crippen LogP contribution in [0.3, 0.4) is 0 Å². The smallest absolute Gasteiger partial charge is 0.322 e. The fourth-order valence-corrected chi connectivity index (χ4v) is 1.13. The molecule has 0 aromatic rings. The molecule has 0 unspecified atom stereocenters. The van der Waals surface area contributed by atoms with E-state index in [1.165, 1.54) is 0 Å². The zero-order chi connectivity index (χ0) is 11.7. The van der Waals surface area contributed by atoms with E-state index in [0.29, 0.717) is 25.5 Å². The van der Waals surface area contributed by atoms with E-state index in [9.17, 15) is 4.79 Å². The molecule has 0 aliphatic rings. The zero-order valence-corrected chi connectivity index (χ0v) is 9.87. The standard InChI is InChI=1S/C11H24N2O2/c1-9(2)6-8-15-11(14)10(13)5-3-4-7-12/h9-10H,3-8,12-13H2,1-2H3/t10-/m0/s1. The van der Waals surface area contributed by atoms with Crippen LogP contribution in [-0.2, 0) is 9.53 Å². The molecule has 0 aliphatic heterocycles. The molecule has 0 rings (SSSR count). The molecule has 90 valence electrons. The molecule has 4 N–H and O–H groups in total. The van der Waals surface area contributed by atoms with Crippen molar-refractivity contribution in [2.24, 2.45) is 17.4 Å². The largest absolute Gasteiger partial charge is 0.465 e. The molecule has 0 spiro atoms. The Kier molecular flexibility index (Phi) is 8.33. The summed E-state index contributed by atoms with van der Waals surface area (Å²) in [4.78, 5) is 11.3. The van der Waals surface area contributed by atoms with Crippen LogP contribution in [0.4, 0.5) is 0 Å². The highest BCUT2D eigenvalue weighted by atomic mass is 16.5. The summed E-state index contributed by atoms with van der Waals surface area (Å²) >= 11 is 0. The third-order valence-corrected chi connectivity index (χ3v) is 2.21. The SMILES string of the molecule is CC(C)CCOC(=O)[C@@H](N)CCCCN. The van der Waals surface area contributed by atoms with Gasteiger partial charge in [-0.2, -0.15) is 0 Å². The lowest BCUT2D eigenvalue weighted by molar-refractivity contribution is -0.145. The summed E-state index contributed by atoms with van der Waals surface area (Å²) in [7, 11) is 0. The minimum Gasteiger partial charge on any atom is -0.465 e. The Labute approximate surface area is 92.3 Å². The van der Waals surface area contributed by atoms with Crippen molar-refractivity contribution >= 4 is 5.97 Å². The number of unbranched alkanes of at least 4 members (excludes halogenated alkanes) is 1. The Morgan fingerprint density at radius 3 is 2.47 bits per heavy atom. The Balaban J connectivity index is 3.51. The monoisotopic (exact) mass is 216 g/mol.